The fraction of sp³-hybridized carbons (Fsp3) is 0.588. The number of ether oxygens (including phenoxy) is 2. The third kappa shape index (κ3) is 2.31. The Labute approximate surface area is 125 Å². The van der Waals surface area contributed by atoms with Crippen molar-refractivity contribution >= 4 is 11.7 Å². The van der Waals surface area contributed by atoms with E-state index in [0.717, 1.165) is 18.7 Å². The molecule has 0 heterocycles. The number of carbonyl (C=O) groups is 1. The maximum absolute atomic E-state index is 11.8. The second kappa shape index (κ2) is 5.68. The molecule has 2 saturated carbocycles. The molecule has 114 valence electrons. The van der Waals surface area contributed by atoms with Gasteiger partial charge in [-0.3, -0.25) is 0 Å². The van der Waals surface area contributed by atoms with E-state index in [1.165, 1.54) is 26.4 Å². The van der Waals surface area contributed by atoms with Crippen molar-refractivity contribution in [3.63, 3.8) is 0 Å². The first-order valence-corrected chi connectivity index (χ1v) is 7.76. The number of hydrogen-bond acceptors (Lipinski definition) is 4. The number of esters is 1. The highest BCUT2D eigenvalue weighted by Gasteiger charge is 2.59. The van der Waals surface area contributed by atoms with E-state index in [1.807, 2.05) is 18.2 Å². The summed E-state index contributed by atoms with van der Waals surface area (Å²) in [7, 11) is 1.42. The molecule has 0 aromatic heterocycles. The lowest BCUT2D eigenvalue weighted by Gasteiger charge is -2.61. The summed E-state index contributed by atoms with van der Waals surface area (Å²) < 4.78 is 10.7. The molecule has 4 heteroatoms. The summed E-state index contributed by atoms with van der Waals surface area (Å²) in [6, 6.07) is 7.96. The van der Waals surface area contributed by atoms with Crippen LogP contribution < -0.4 is 5.32 Å². The maximum Gasteiger partial charge on any atom is 0.339 e. The zero-order chi connectivity index (χ0) is 14.9. The highest BCUT2D eigenvalue weighted by molar-refractivity contribution is 5.95. The molecule has 2 aliphatic rings. The first kappa shape index (κ1) is 14.4. The normalized spacial score (nSPS) is 25.8. The van der Waals surface area contributed by atoms with Crippen molar-refractivity contribution in [2.24, 2.45) is 5.41 Å². The van der Waals surface area contributed by atoms with E-state index in [4.69, 9.17) is 9.47 Å². The first-order chi connectivity index (χ1) is 10.2. The molecule has 0 saturated heterocycles. The summed E-state index contributed by atoms with van der Waals surface area (Å²) in [6.07, 6.45) is 5.11. The highest BCUT2D eigenvalue weighted by atomic mass is 16.5. The Morgan fingerprint density at radius 1 is 1.38 bits per heavy atom. The van der Waals surface area contributed by atoms with Gasteiger partial charge in [-0.15, -0.1) is 0 Å². The van der Waals surface area contributed by atoms with Gasteiger partial charge in [-0.1, -0.05) is 18.6 Å². The van der Waals surface area contributed by atoms with Crippen LogP contribution in [0.25, 0.3) is 0 Å². The van der Waals surface area contributed by atoms with E-state index in [1.54, 1.807) is 6.07 Å². The average Bonchev–Trinajstić information content (AvgIpc) is 2.44. The molecule has 2 unspecified atom stereocenters. The molecular formula is C17H23NO3. The van der Waals surface area contributed by atoms with E-state index >= 15 is 0 Å². The number of nitrogens with one attached hydrogen (secondary N) is 1. The molecule has 2 fully saturated rings. The van der Waals surface area contributed by atoms with Crippen LogP contribution in [0.4, 0.5) is 5.69 Å². The lowest BCUT2D eigenvalue weighted by molar-refractivity contribution is -0.157. The number of methoxy groups -OCH3 is 1. The van der Waals surface area contributed by atoms with Crippen LogP contribution >= 0.6 is 0 Å². The van der Waals surface area contributed by atoms with Crippen LogP contribution in [0.2, 0.25) is 0 Å². The van der Waals surface area contributed by atoms with Gasteiger partial charge in [0.25, 0.3) is 0 Å². The number of para-hydroxylation sites is 1. The molecular weight excluding hydrogens is 266 g/mol. The van der Waals surface area contributed by atoms with Gasteiger partial charge in [0.15, 0.2) is 0 Å². The number of rotatable bonds is 5. The summed E-state index contributed by atoms with van der Waals surface area (Å²) in [4.78, 5) is 11.8. The summed E-state index contributed by atoms with van der Waals surface area (Å²) in [6.45, 7) is 2.83. The van der Waals surface area contributed by atoms with Crippen LogP contribution in [-0.4, -0.2) is 31.8 Å². The van der Waals surface area contributed by atoms with Crippen molar-refractivity contribution < 1.29 is 14.3 Å². The smallest absolute Gasteiger partial charge is 0.339 e. The molecule has 2 atom stereocenters. The van der Waals surface area contributed by atoms with Gasteiger partial charge in [0.05, 0.1) is 18.8 Å². The average molecular weight is 289 g/mol. The minimum absolute atomic E-state index is 0.277. The Morgan fingerprint density at radius 3 is 2.76 bits per heavy atom. The molecule has 0 radical (unpaired) electrons. The number of anilines is 1. The highest BCUT2D eigenvalue weighted by Crippen LogP contribution is 2.58. The zero-order valence-corrected chi connectivity index (χ0v) is 12.7. The van der Waals surface area contributed by atoms with Crippen LogP contribution in [0.15, 0.2) is 24.3 Å². The van der Waals surface area contributed by atoms with Crippen molar-refractivity contribution in [3.8, 4) is 0 Å². The first-order valence-electron chi connectivity index (χ1n) is 7.76. The van der Waals surface area contributed by atoms with Gasteiger partial charge in [-0.2, -0.15) is 0 Å². The topological polar surface area (TPSA) is 47.6 Å². The van der Waals surface area contributed by atoms with Crippen LogP contribution in [0.1, 0.15) is 43.0 Å². The predicted octanol–water partition coefficient (Wildman–Crippen LogP) is 3.23. The van der Waals surface area contributed by atoms with Gasteiger partial charge in [0.1, 0.15) is 0 Å². The fourth-order valence-electron chi connectivity index (χ4n) is 3.73. The van der Waals surface area contributed by atoms with E-state index in [-0.39, 0.29) is 11.4 Å². The Balaban J connectivity index is 1.75. The van der Waals surface area contributed by atoms with Crippen LogP contribution in [0.5, 0.6) is 0 Å². The van der Waals surface area contributed by atoms with Crippen molar-refractivity contribution in [1.82, 2.24) is 0 Å². The number of hydrogen-bond donors (Lipinski definition) is 1. The zero-order valence-electron chi connectivity index (χ0n) is 12.7. The van der Waals surface area contributed by atoms with Gasteiger partial charge in [-0.25, -0.2) is 4.79 Å². The number of benzene rings is 1. The Kier molecular flexibility index (Phi) is 3.89. The van der Waals surface area contributed by atoms with Crippen molar-refractivity contribution in [3.05, 3.63) is 29.8 Å². The summed E-state index contributed by atoms with van der Waals surface area (Å²) in [5, 5.41) is 3.56. The van der Waals surface area contributed by atoms with Crippen molar-refractivity contribution in [1.29, 1.82) is 0 Å². The third-order valence-electron chi connectivity index (χ3n) is 5.10. The molecule has 0 bridgehead atoms. The van der Waals surface area contributed by atoms with Crippen molar-refractivity contribution in [2.75, 3.05) is 19.0 Å². The Hall–Kier alpha value is -1.55. The lowest BCUT2D eigenvalue weighted by atomic mass is 9.51. The van der Waals surface area contributed by atoms with E-state index in [0.29, 0.717) is 17.7 Å². The van der Waals surface area contributed by atoms with E-state index in [2.05, 4.69) is 12.2 Å². The van der Waals surface area contributed by atoms with Gasteiger partial charge in [0, 0.05) is 23.8 Å². The van der Waals surface area contributed by atoms with Gasteiger partial charge in [0.2, 0.25) is 0 Å². The van der Waals surface area contributed by atoms with E-state index < -0.39 is 0 Å². The number of carbonyl (C=O) groups excluding carboxylic acids is 1. The summed E-state index contributed by atoms with van der Waals surface area (Å²) in [5.74, 6) is -0.290. The SMILES string of the molecule is CCOC1CC(Nc2ccccc2C(=O)OC)C12CCC2. The van der Waals surface area contributed by atoms with E-state index in [9.17, 15) is 4.79 Å². The summed E-state index contributed by atoms with van der Waals surface area (Å²) in [5.41, 5.74) is 1.75. The molecule has 2 aliphatic carbocycles. The molecule has 1 N–H and O–H groups in total. The molecule has 0 aliphatic heterocycles. The third-order valence-corrected chi connectivity index (χ3v) is 5.10. The lowest BCUT2D eigenvalue weighted by Crippen LogP contribution is -2.64. The molecule has 4 nitrogen and oxygen atoms in total. The largest absolute Gasteiger partial charge is 0.465 e. The second-order valence-electron chi connectivity index (χ2n) is 6.00. The van der Waals surface area contributed by atoms with Gasteiger partial charge >= 0.3 is 5.97 Å². The minimum atomic E-state index is -0.290. The Morgan fingerprint density at radius 2 is 2.14 bits per heavy atom. The monoisotopic (exact) mass is 289 g/mol. The quantitative estimate of drug-likeness (QED) is 0.845. The Bertz CT molecular complexity index is 525. The standard InChI is InChI=1S/C17H23NO3/c1-3-21-15-11-14(17(15)9-6-10-17)18-13-8-5-4-7-12(13)16(19)20-2/h4-5,7-8,14-15,18H,3,6,9-11H2,1-2H3. The molecule has 3 rings (SSSR count). The van der Waals surface area contributed by atoms with Gasteiger partial charge < -0.3 is 14.8 Å². The van der Waals surface area contributed by atoms with Crippen LogP contribution in [-0.2, 0) is 9.47 Å². The predicted molar refractivity (Wildman–Crippen MR) is 81.5 cm³/mol. The second-order valence-corrected chi connectivity index (χ2v) is 6.00. The fourth-order valence-corrected chi connectivity index (χ4v) is 3.73. The van der Waals surface area contributed by atoms with Crippen molar-refractivity contribution in [2.45, 2.75) is 44.8 Å². The molecule has 1 aromatic rings. The molecule has 1 spiro atoms. The molecule has 21 heavy (non-hydrogen) atoms. The van der Waals surface area contributed by atoms with Crippen LogP contribution in [0, 0.1) is 5.41 Å². The van der Waals surface area contributed by atoms with Gasteiger partial charge in [-0.05, 0) is 38.3 Å². The molecule has 0 amide bonds. The maximum atomic E-state index is 11.8. The van der Waals surface area contributed by atoms with Crippen LogP contribution in [0.3, 0.4) is 0 Å². The minimum Gasteiger partial charge on any atom is -0.465 e. The summed E-state index contributed by atoms with van der Waals surface area (Å²) >= 11 is 0. The molecule has 1 aromatic carbocycles.